The van der Waals surface area contributed by atoms with Crippen molar-refractivity contribution < 1.29 is 9.50 Å². The van der Waals surface area contributed by atoms with E-state index in [1.165, 1.54) is 6.07 Å². The summed E-state index contributed by atoms with van der Waals surface area (Å²) in [5.74, 6) is -0.246. The van der Waals surface area contributed by atoms with Crippen LogP contribution < -0.4 is 4.90 Å². The van der Waals surface area contributed by atoms with Crippen LogP contribution in [0.4, 0.5) is 10.1 Å². The van der Waals surface area contributed by atoms with Gasteiger partial charge < -0.3 is 14.9 Å². The molecule has 1 aromatic rings. The van der Waals surface area contributed by atoms with E-state index in [1.54, 1.807) is 19.1 Å². The van der Waals surface area contributed by atoms with Crippen LogP contribution in [0.1, 0.15) is 38.4 Å². The van der Waals surface area contributed by atoms with E-state index in [0.717, 1.165) is 32.5 Å². The molecular formula is C16H25FN2O. The van der Waals surface area contributed by atoms with Crippen LogP contribution in [0.2, 0.25) is 0 Å². The second kappa shape index (κ2) is 6.55. The van der Waals surface area contributed by atoms with Crippen molar-refractivity contribution in [1.82, 2.24) is 4.90 Å². The Hall–Kier alpha value is -1.13. The largest absolute Gasteiger partial charge is 0.389 e. The Morgan fingerprint density at radius 3 is 2.60 bits per heavy atom. The number of likely N-dealkylation sites (tertiary alicyclic amines) is 1. The number of hydrogen-bond donors (Lipinski definition) is 1. The smallest absolute Gasteiger partial charge is 0.146 e. The number of para-hydroxylation sites is 1. The normalized spacial score (nSPS) is 19.1. The van der Waals surface area contributed by atoms with Crippen molar-refractivity contribution >= 4 is 5.69 Å². The molecule has 1 aromatic carbocycles. The summed E-state index contributed by atoms with van der Waals surface area (Å²) in [6.45, 7) is 7.06. The summed E-state index contributed by atoms with van der Waals surface area (Å²) in [6, 6.07) is 5.28. The minimum Gasteiger partial charge on any atom is -0.389 e. The first kappa shape index (κ1) is 15.3. The van der Waals surface area contributed by atoms with E-state index in [4.69, 9.17) is 0 Å². The van der Waals surface area contributed by atoms with E-state index in [1.807, 2.05) is 11.9 Å². The second-order valence-electron chi connectivity index (χ2n) is 5.63. The Morgan fingerprint density at radius 1 is 1.40 bits per heavy atom. The topological polar surface area (TPSA) is 26.7 Å². The minimum absolute atomic E-state index is 0.246. The summed E-state index contributed by atoms with van der Waals surface area (Å²) in [7, 11) is 1.94. The summed E-state index contributed by atoms with van der Waals surface area (Å²) in [5, 5.41) is 9.85. The van der Waals surface area contributed by atoms with Crippen LogP contribution in [0.25, 0.3) is 0 Å². The van der Waals surface area contributed by atoms with E-state index in [2.05, 4.69) is 11.8 Å². The minimum atomic E-state index is -0.654. The maximum atomic E-state index is 14.2. The fraction of sp³-hybridized carbons (Fsp3) is 0.625. The molecule has 1 atom stereocenters. The van der Waals surface area contributed by atoms with Gasteiger partial charge in [0.05, 0.1) is 11.8 Å². The van der Waals surface area contributed by atoms with Gasteiger partial charge in [-0.05, 0) is 32.4 Å². The number of aliphatic hydroxyl groups is 1. The number of halogens is 1. The molecule has 0 aromatic heterocycles. The van der Waals surface area contributed by atoms with Crippen molar-refractivity contribution in [2.75, 3.05) is 31.6 Å². The van der Waals surface area contributed by atoms with Crippen LogP contribution in [0.5, 0.6) is 0 Å². The summed E-state index contributed by atoms with van der Waals surface area (Å²) < 4.78 is 14.2. The van der Waals surface area contributed by atoms with Gasteiger partial charge in [-0.15, -0.1) is 0 Å². The zero-order valence-electron chi connectivity index (χ0n) is 12.6. The van der Waals surface area contributed by atoms with Crippen molar-refractivity contribution in [2.45, 2.75) is 38.8 Å². The zero-order valence-corrected chi connectivity index (χ0v) is 12.6. The highest BCUT2D eigenvalue weighted by molar-refractivity contribution is 5.56. The van der Waals surface area contributed by atoms with Gasteiger partial charge in [-0.2, -0.15) is 0 Å². The molecule has 3 nitrogen and oxygen atoms in total. The number of piperidine rings is 1. The third-order valence-electron chi connectivity index (χ3n) is 4.37. The highest BCUT2D eigenvalue weighted by Crippen LogP contribution is 2.31. The van der Waals surface area contributed by atoms with E-state index < -0.39 is 6.10 Å². The molecule has 1 heterocycles. The molecule has 1 saturated heterocycles. The van der Waals surface area contributed by atoms with Gasteiger partial charge in [0.2, 0.25) is 0 Å². The van der Waals surface area contributed by atoms with E-state index >= 15 is 0 Å². The third kappa shape index (κ3) is 3.13. The Balaban J connectivity index is 2.19. The van der Waals surface area contributed by atoms with Gasteiger partial charge >= 0.3 is 0 Å². The lowest BCUT2D eigenvalue weighted by Gasteiger charge is -2.38. The number of rotatable bonds is 4. The number of hydrogen-bond acceptors (Lipinski definition) is 3. The summed E-state index contributed by atoms with van der Waals surface area (Å²) in [6.07, 6.45) is 1.43. The van der Waals surface area contributed by atoms with Crippen molar-refractivity contribution in [1.29, 1.82) is 0 Å². The SMILES string of the molecule is CCN1CCC(N(C)c2c(F)cccc2C(C)O)CC1. The molecule has 1 N–H and O–H groups in total. The van der Waals surface area contributed by atoms with Crippen molar-refractivity contribution in [2.24, 2.45) is 0 Å². The van der Waals surface area contributed by atoms with Gasteiger partial charge in [-0.25, -0.2) is 4.39 Å². The highest BCUT2D eigenvalue weighted by atomic mass is 19.1. The van der Waals surface area contributed by atoms with Gasteiger partial charge in [0.15, 0.2) is 0 Å². The van der Waals surface area contributed by atoms with Gasteiger partial charge in [0.25, 0.3) is 0 Å². The van der Waals surface area contributed by atoms with Crippen molar-refractivity contribution in [3.8, 4) is 0 Å². The maximum absolute atomic E-state index is 14.2. The lowest BCUT2D eigenvalue weighted by molar-refractivity contribution is 0.197. The van der Waals surface area contributed by atoms with Crippen LogP contribution in [-0.2, 0) is 0 Å². The van der Waals surface area contributed by atoms with E-state index in [-0.39, 0.29) is 5.82 Å². The molecule has 0 bridgehead atoms. The molecule has 0 spiro atoms. The van der Waals surface area contributed by atoms with Gasteiger partial charge in [-0.1, -0.05) is 19.1 Å². The van der Waals surface area contributed by atoms with Crippen molar-refractivity contribution in [3.63, 3.8) is 0 Å². The highest BCUT2D eigenvalue weighted by Gasteiger charge is 2.25. The maximum Gasteiger partial charge on any atom is 0.146 e. The molecule has 4 heteroatoms. The fourth-order valence-electron chi connectivity index (χ4n) is 3.05. The van der Waals surface area contributed by atoms with Crippen LogP contribution in [0.15, 0.2) is 18.2 Å². The Kier molecular flexibility index (Phi) is 5.00. The number of benzene rings is 1. The molecule has 0 amide bonds. The Bertz CT molecular complexity index is 442. The molecule has 1 unspecified atom stereocenters. The molecule has 0 saturated carbocycles. The van der Waals surface area contributed by atoms with Crippen LogP contribution >= 0.6 is 0 Å². The third-order valence-corrected chi connectivity index (χ3v) is 4.37. The lowest BCUT2D eigenvalue weighted by Crippen LogP contribution is -2.43. The summed E-state index contributed by atoms with van der Waals surface area (Å²) in [4.78, 5) is 4.44. The predicted octanol–water partition coefficient (Wildman–Crippen LogP) is 2.80. The number of aliphatic hydroxyl groups excluding tert-OH is 1. The van der Waals surface area contributed by atoms with E-state index in [0.29, 0.717) is 17.3 Å². The van der Waals surface area contributed by atoms with Gasteiger partial charge in [-0.3, -0.25) is 0 Å². The Morgan fingerprint density at radius 2 is 2.05 bits per heavy atom. The monoisotopic (exact) mass is 280 g/mol. The zero-order chi connectivity index (χ0) is 14.7. The molecule has 1 aliphatic heterocycles. The predicted molar refractivity (Wildman–Crippen MR) is 80.6 cm³/mol. The molecule has 1 fully saturated rings. The fourth-order valence-corrected chi connectivity index (χ4v) is 3.05. The number of nitrogens with zero attached hydrogens (tertiary/aromatic N) is 2. The van der Waals surface area contributed by atoms with Crippen LogP contribution in [-0.4, -0.2) is 42.7 Å². The van der Waals surface area contributed by atoms with Crippen molar-refractivity contribution in [3.05, 3.63) is 29.6 Å². The number of anilines is 1. The lowest BCUT2D eigenvalue weighted by atomic mass is 10.00. The Labute approximate surface area is 121 Å². The van der Waals surface area contributed by atoms with Crippen LogP contribution in [0.3, 0.4) is 0 Å². The summed E-state index contributed by atoms with van der Waals surface area (Å²) >= 11 is 0. The average molecular weight is 280 g/mol. The molecule has 0 radical (unpaired) electrons. The molecular weight excluding hydrogens is 255 g/mol. The molecule has 112 valence electrons. The first-order valence-corrected chi connectivity index (χ1v) is 7.46. The van der Waals surface area contributed by atoms with Gasteiger partial charge in [0.1, 0.15) is 5.82 Å². The molecule has 20 heavy (non-hydrogen) atoms. The van der Waals surface area contributed by atoms with Gasteiger partial charge in [0, 0.05) is 31.7 Å². The summed E-state index contributed by atoms with van der Waals surface area (Å²) in [5.41, 5.74) is 1.22. The first-order valence-electron chi connectivity index (χ1n) is 7.46. The molecule has 1 aliphatic rings. The van der Waals surface area contributed by atoms with Crippen LogP contribution in [0, 0.1) is 5.82 Å². The first-order chi connectivity index (χ1) is 9.54. The standard InChI is InChI=1S/C16H25FN2O/c1-4-19-10-8-13(9-11-19)18(3)16-14(12(2)20)6-5-7-15(16)17/h5-7,12-13,20H,4,8-11H2,1-3H3. The quantitative estimate of drug-likeness (QED) is 0.918. The van der Waals surface area contributed by atoms with E-state index in [9.17, 15) is 9.50 Å². The second-order valence-corrected chi connectivity index (χ2v) is 5.63. The molecule has 2 rings (SSSR count). The molecule has 0 aliphatic carbocycles. The average Bonchev–Trinajstić information content (AvgIpc) is 2.46.